The first-order valence-corrected chi connectivity index (χ1v) is 6.75. The van der Waals surface area contributed by atoms with Gasteiger partial charge in [0.2, 0.25) is 0 Å². The van der Waals surface area contributed by atoms with Crippen molar-refractivity contribution >= 4 is 33.2 Å². The zero-order valence-electron chi connectivity index (χ0n) is 9.61. The third-order valence-corrected chi connectivity index (χ3v) is 3.86. The van der Waals surface area contributed by atoms with Crippen LogP contribution in [0.15, 0.2) is 53.0 Å². The Morgan fingerprint density at radius 1 is 1.17 bits per heavy atom. The lowest BCUT2D eigenvalue weighted by Crippen LogP contribution is -2.14. The summed E-state index contributed by atoms with van der Waals surface area (Å²) in [4.78, 5) is 0. The van der Waals surface area contributed by atoms with Crippen LogP contribution in [0, 0.1) is 0 Å². The van der Waals surface area contributed by atoms with E-state index in [9.17, 15) is 5.11 Å². The van der Waals surface area contributed by atoms with Gasteiger partial charge in [0.15, 0.2) is 0 Å². The van der Waals surface area contributed by atoms with Gasteiger partial charge in [-0.15, -0.1) is 0 Å². The van der Waals surface area contributed by atoms with Crippen molar-refractivity contribution in [1.82, 2.24) is 0 Å². The smallest absolute Gasteiger partial charge is 0.0745 e. The Morgan fingerprint density at radius 3 is 2.50 bits per heavy atom. The third-order valence-electron chi connectivity index (χ3n) is 2.64. The van der Waals surface area contributed by atoms with Gasteiger partial charge in [0.25, 0.3) is 0 Å². The molecule has 1 atom stereocenters. The van der Waals surface area contributed by atoms with Crippen LogP contribution in [0.3, 0.4) is 0 Å². The van der Waals surface area contributed by atoms with E-state index in [1.165, 1.54) is 0 Å². The lowest BCUT2D eigenvalue weighted by molar-refractivity contribution is 0.276. The molecule has 0 radical (unpaired) electrons. The normalized spacial score (nSPS) is 12.2. The van der Waals surface area contributed by atoms with Crippen molar-refractivity contribution in [2.75, 3.05) is 11.9 Å². The Kier molecular flexibility index (Phi) is 4.64. The summed E-state index contributed by atoms with van der Waals surface area (Å²) in [5.74, 6) is 0. The highest BCUT2D eigenvalue weighted by Crippen LogP contribution is 2.27. The van der Waals surface area contributed by atoms with E-state index < -0.39 is 0 Å². The molecule has 0 saturated heterocycles. The highest BCUT2D eigenvalue weighted by molar-refractivity contribution is 9.10. The summed E-state index contributed by atoms with van der Waals surface area (Å²) < 4.78 is 0.829. The van der Waals surface area contributed by atoms with E-state index in [1.807, 2.05) is 48.5 Å². The molecule has 2 aromatic rings. The molecule has 1 unspecified atom stereocenters. The minimum Gasteiger partial charge on any atom is -0.394 e. The van der Waals surface area contributed by atoms with Crippen LogP contribution >= 0.6 is 27.5 Å². The summed E-state index contributed by atoms with van der Waals surface area (Å²) in [5, 5.41) is 13.4. The Balaban J connectivity index is 2.20. The second-order valence-electron chi connectivity index (χ2n) is 3.92. The number of aliphatic hydroxyl groups excluding tert-OH is 1. The first-order chi connectivity index (χ1) is 8.70. The minimum absolute atomic E-state index is 0.0168. The SMILES string of the molecule is OCC(Nc1ccccc1)c1ccc(Cl)c(Br)c1. The van der Waals surface area contributed by atoms with Crippen LogP contribution in [0.25, 0.3) is 0 Å². The van der Waals surface area contributed by atoms with Crippen LogP contribution in [0.4, 0.5) is 5.69 Å². The first kappa shape index (κ1) is 13.4. The molecule has 0 heterocycles. The van der Waals surface area contributed by atoms with Crippen molar-refractivity contribution in [2.24, 2.45) is 0 Å². The Morgan fingerprint density at radius 2 is 1.89 bits per heavy atom. The molecule has 0 aliphatic rings. The van der Waals surface area contributed by atoms with E-state index in [1.54, 1.807) is 0 Å². The Labute approximate surface area is 120 Å². The van der Waals surface area contributed by atoms with Crippen LogP contribution < -0.4 is 5.32 Å². The molecule has 2 nitrogen and oxygen atoms in total. The maximum Gasteiger partial charge on any atom is 0.0745 e. The summed E-state index contributed by atoms with van der Waals surface area (Å²) >= 11 is 9.35. The number of aliphatic hydroxyl groups is 1. The number of para-hydroxylation sites is 1. The van der Waals surface area contributed by atoms with Gasteiger partial charge in [-0.25, -0.2) is 0 Å². The molecule has 0 aliphatic heterocycles. The van der Waals surface area contributed by atoms with Gasteiger partial charge in [0, 0.05) is 10.2 Å². The Hall–Kier alpha value is -1.03. The van der Waals surface area contributed by atoms with Crippen molar-refractivity contribution in [2.45, 2.75) is 6.04 Å². The molecule has 0 aromatic heterocycles. The number of halogens is 2. The molecule has 0 fully saturated rings. The number of nitrogens with one attached hydrogen (secondary N) is 1. The minimum atomic E-state index is -0.152. The number of benzene rings is 2. The van der Waals surface area contributed by atoms with E-state index in [2.05, 4.69) is 21.2 Å². The molecular formula is C14H13BrClNO. The molecule has 0 bridgehead atoms. The molecule has 2 aromatic carbocycles. The van der Waals surface area contributed by atoms with Crippen LogP contribution in [-0.4, -0.2) is 11.7 Å². The maximum absolute atomic E-state index is 9.49. The van der Waals surface area contributed by atoms with Gasteiger partial charge >= 0.3 is 0 Å². The van der Waals surface area contributed by atoms with Gasteiger partial charge in [0.05, 0.1) is 17.7 Å². The molecule has 0 aliphatic carbocycles. The summed E-state index contributed by atoms with van der Waals surface area (Å²) in [7, 11) is 0. The molecule has 4 heteroatoms. The fourth-order valence-corrected chi connectivity index (χ4v) is 2.21. The highest BCUT2D eigenvalue weighted by atomic mass is 79.9. The van der Waals surface area contributed by atoms with E-state index in [0.717, 1.165) is 15.7 Å². The van der Waals surface area contributed by atoms with Gasteiger partial charge in [-0.1, -0.05) is 35.9 Å². The van der Waals surface area contributed by atoms with Crippen LogP contribution in [-0.2, 0) is 0 Å². The standard InChI is InChI=1S/C14H13BrClNO/c15-12-8-10(6-7-13(12)16)14(9-18)17-11-4-2-1-3-5-11/h1-8,14,17-18H,9H2. The molecule has 94 valence electrons. The van der Waals surface area contributed by atoms with Gasteiger partial charge in [-0.05, 0) is 45.8 Å². The first-order valence-electron chi connectivity index (χ1n) is 5.58. The predicted octanol–water partition coefficient (Wildman–Crippen LogP) is 4.25. The second kappa shape index (κ2) is 6.23. The topological polar surface area (TPSA) is 32.3 Å². The number of hydrogen-bond donors (Lipinski definition) is 2. The molecular weight excluding hydrogens is 314 g/mol. The molecule has 2 rings (SSSR count). The van der Waals surface area contributed by atoms with E-state index >= 15 is 0 Å². The number of hydrogen-bond acceptors (Lipinski definition) is 2. The summed E-state index contributed by atoms with van der Waals surface area (Å²) in [6.45, 7) is 0.0168. The third kappa shape index (κ3) is 3.25. The fraction of sp³-hybridized carbons (Fsp3) is 0.143. The quantitative estimate of drug-likeness (QED) is 0.880. The summed E-state index contributed by atoms with van der Waals surface area (Å²) in [5.41, 5.74) is 1.96. The maximum atomic E-state index is 9.49. The second-order valence-corrected chi connectivity index (χ2v) is 5.18. The van der Waals surface area contributed by atoms with Crippen molar-refractivity contribution in [3.63, 3.8) is 0 Å². The average molecular weight is 327 g/mol. The lowest BCUT2D eigenvalue weighted by Gasteiger charge is -2.18. The van der Waals surface area contributed by atoms with Gasteiger partial charge in [0.1, 0.15) is 0 Å². The number of anilines is 1. The lowest BCUT2D eigenvalue weighted by atomic mass is 10.1. The van der Waals surface area contributed by atoms with Crippen LogP contribution in [0.2, 0.25) is 5.02 Å². The molecule has 0 saturated carbocycles. The van der Waals surface area contributed by atoms with E-state index in [-0.39, 0.29) is 12.6 Å². The van der Waals surface area contributed by atoms with Crippen LogP contribution in [0.1, 0.15) is 11.6 Å². The van der Waals surface area contributed by atoms with Crippen molar-refractivity contribution < 1.29 is 5.11 Å². The summed E-state index contributed by atoms with van der Waals surface area (Å²) in [6, 6.07) is 15.3. The van der Waals surface area contributed by atoms with Crippen molar-refractivity contribution in [3.8, 4) is 0 Å². The van der Waals surface area contributed by atoms with Crippen molar-refractivity contribution in [1.29, 1.82) is 0 Å². The molecule has 2 N–H and O–H groups in total. The molecule has 0 amide bonds. The average Bonchev–Trinajstić information content (AvgIpc) is 2.40. The van der Waals surface area contributed by atoms with E-state index in [0.29, 0.717) is 5.02 Å². The van der Waals surface area contributed by atoms with Gasteiger partial charge in [-0.3, -0.25) is 0 Å². The van der Waals surface area contributed by atoms with Crippen LogP contribution in [0.5, 0.6) is 0 Å². The fourth-order valence-electron chi connectivity index (χ4n) is 1.70. The Bertz CT molecular complexity index is 518. The highest BCUT2D eigenvalue weighted by Gasteiger charge is 2.11. The zero-order chi connectivity index (χ0) is 13.0. The predicted molar refractivity (Wildman–Crippen MR) is 79.0 cm³/mol. The monoisotopic (exact) mass is 325 g/mol. The van der Waals surface area contributed by atoms with Crippen molar-refractivity contribution in [3.05, 3.63) is 63.6 Å². The van der Waals surface area contributed by atoms with E-state index in [4.69, 9.17) is 11.6 Å². The zero-order valence-corrected chi connectivity index (χ0v) is 11.9. The molecule has 0 spiro atoms. The largest absolute Gasteiger partial charge is 0.394 e. The molecule has 18 heavy (non-hydrogen) atoms. The van der Waals surface area contributed by atoms with Gasteiger partial charge < -0.3 is 10.4 Å². The van der Waals surface area contributed by atoms with Gasteiger partial charge in [-0.2, -0.15) is 0 Å². The summed E-state index contributed by atoms with van der Waals surface area (Å²) in [6.07, 6.45) is 0. The number of rotatable bonds is 4.